The second-order valence-corrected chi connectivity index (χ2v) is 13.0. The minimum absolute atomic E-state index is 0.0742. The molecule has 0 saturated carbocycles. The molecule has 0 radical (unpaired) electrons. The Morgan fingerprint density at radius 3 is 1.71 bits per heavy atom. The summed E-state index contributed by atoms with van der Waals surface area (Å²) in [6.07, 6.45) is 11.7. The van der Waals surface area contributed by atoms with E-state index < -0.39 is 8.07 Å². The summed E-state index contributed by atoms with van der Waals surface area (Å²) >= 11 is 0. The lowest BCUT2D eigenvalue weighted by molar-refractivity contribution is -0.140. The van der Waals surface area contributed by atoms with Crippen LogP contribution in [-0.2, 0) is 9.53 Å². The minimum atomic E-state index is -0.958. The Hall–Kier alpha value is -0.573. The van der Waals surface area contributed by atoms with Gasteiger partial charge < -0.3 is 4.74 Å². The van der Waals surface area contributed by atoms with E-state index in [0.29, 0.717) is 6.42 Å². The summed E-state index contributed by atoms with van der Waals surface area (Å²) in [5.74, 6) is -0.0742. The third-order valence-corrected chi connectivity index (χ3v) is 11.7. The molecule has 0 aliphatic heterocycles. The fraction of sp³-hybridized carbons (Fsp3) is 0.857. The van der Waals surface area contributed by atoms with Gasteiger partial charge in [0.2, 0.25) is 0 Å². The SMILES string of the molecule is C=C(CCCCCCCCCC(=O)OC)CC[Si](CC)(CC)CC. The number of esters is 1. The smallest absolute Gasteiger partial charge is 0.305 e. The predicted octanol–water partition coefficient (Wildman–Crippen LogP) is 7.13. The van der Waals surface area contributed by atoms with Gasteiger partial charge in [0.15, 0.2) is 0 Å². The van der Waals surface area contributed by atoms with Crippen LogP contribution in [0.3, 0.4) is 0 Å². The van der Waals surface area contributed by atoms with Crippen LogP contribution in [0.5, 0.6) is 0 Å². The first-order chi connectivity index (χ1) is 11.5. The molecule has 0 bridgehead atoms. The zero-order valence-electron chi connectivity index (χ0n) is 16.9. The second-order valence-electron chi connectivity index (χ2n) is 7.36. The number of unbranched alkanes of at least 4 members (excludes halogenated alkanes) is 6. The number of ether oxygens (including phenoxy) is 1. The lowest BCUT2D eigenvalue weighted by atomic mass is 10.0. The second kappa shape index (κ2) is 14.7. The number of carbonyl (C=O) groups is 1. The highest BCUT2D eigenvalue weighted by Gasteiger charge is 2.25. The van der Waals surface area contributed by atoms with Crippen molar-refractivity contribution in [3.8, 4) is 0 Å². The predicted molar refractivity (Wildman–Crippen MR) is 109 cm³/mol. The van der Waals surface area contributed by atoms with Crippen LogP contribution in [-0.4, -0.2) is 21.2 Å². The Kier molecular flexibility index (Phi) is 14.4. The molecule has 0 aliphatic carbocycles. The maximum absolute atomic E-state index is 11.0. The van der Waals surface area contributed by atoms with Crippen molar-refractivity contribution < 1.29 is 9.53 Å². The molecule has 0 spiro atoms. The van der Waals surface area contributed by atoms with Crippen molar-refractivity contribution in [2.24, 2.45) is 0 Å². The van der Waals surface area contributed by atoms with Gasteiger partial charge in [-0.2, -0.15) is 0 Å². The molecule has 0 unspecified atom stereocenters. The van der Waals surface area contributed by atoms with Crippen LogP contribution >= 0.6 is 0 Å². The molecule has 0 atom stereocenters. The Balaban J connectivity index is 3.54. The first-order valence-corrected chi connectivity index (χ1v) is 13.1. The highest BCUT2D eigenvalue weighted by Crippen LogP contribution is 2.29. The molecule has 0 fully saturated rings. The van der Waals surface area contributed by atoms with Gasteiger partial charge in [0.1, 0.15) is 0 Å². The number of rotatable bonds is 16. The molecule has 0 aromatic heterocycles. The molecule has 0 saturated heterocycles. The molecule has 0 heterocycles. The van der Waals surface area contributed by atoms with Crippen LogP contribution < -0.4 is 0 Å². The minimum Gasteiger partial charge on any atom is -0.469 e. The highest BCUT2D eigenvalue weighted by molar-refractivity contribution is 6.79. The molecular weight excluding hydrogens is 312 g/mol. The Morgan fingerprint density at radius 2 is 1.25 bits per heavy atom. The van der Waals surface area contributed by atoms with E-state index in [1.165, 1.54) is 81.8 Å². The fourth-order valence-corrected chi connectivity index (χ4v) is 6.92. The number of allylic oxidation sites excluding steroid dienone is 1. The van der Waals surface area contributed by atoms with Crippen LogP contribution in [0.2, 0.25) is 24.2 Å². The normalized spacial score (nSPS) is 11.5. The molecular formula is C21H42O2Si. The standard InChI is InChI=1S/C21H42O2Si/c1-6-24(7-2,8-3)19-18-20(4)16-14-12-10-9-11-13-15-17-21(22)23-5/h4,6-19H2,1-3,5H3. The van der Waals surface area contributed by atoms with Gasteiger partial charge in [-0.05, 0) is 25.7 Å². The van der Waals surface area contributed by atoms with E-state index in [1.54, 1.807) is 0 Å². The quantitative estimate of drug-likeness (QED) is 0.128. The van der Waals surface area contributed by atoms with Crippen LogP contribution in [0, 0.1) is 0 Å². The molecule has 0 rings (SSSR count). The van der Waals surface area contributed by atoms with Crippen molar-refractivity contribution in [3.05, 3.63) is 12.2 Å². The van der Waals surface area contributed by atoms with E-state index >= 15 is 0 Å². The third-order valence-electron chi connectivity index (χ3n) is 5.90. The van der Waals surface area contributed by atoms with E-state index in [0.717, 1.165) is 12.8 Å². The molecule has 0 aromatic carbocycles. The summed E-state index contributed by atoms with van der Waals surface area (Å²) < 4.78 is 4.65. The summed E-state index contributed by atoms with van der Waals surface area (Å²) in [6.45, 7) is 11.5. The average Bonchev–Trinajstić information content (AvgIpc) is 2.61. The summed E-state index contributed by atoms with van der Waals surface area (Å²) in [4.78, 5) is 11.0. The fourth-order valence-electron chi connectivity index (χ4n) is 3.48. The van der Waals surface area contributed by atoms with E-state index in [-0.39, 0.29) is 5.97 Å². The summed E-state index contributed by atoms with van der Waals surface area (Å²) in [5.41, 5.74) is 1.49. The molecule has 0 aliphatic rings. The van der Waals surface area contributed by atoms with Crippen LogP contribution in [0.15, 0.2) is 12.2 Å². The van der Waals surface area contributed by atoms with Gasteiger partial charge in [0.25, 0.3) is 0 Å². The van der Waals surface area contributed by atoms with Crippen molar-refractivity contribution in [2.45, 2.75) is 109 Å². The molecule has 0 N–H and O–H groups in total. The van der Waals surface area contributed by atoms with Crippen LogP contribution in [0.4, 0.5) is 0 Å². The highest BCUT2D eigenvalue weighted by atomic mass is 28.3. The number of hydrogen-bond donors (Lipinski definition) is 0. The monoisotopic (exact) mass is 354 g/mol. The first kappa shape index (κ1) is 23.4. The summed E-state index contributed by atoms with van der Waals surface area (Å²) in [7, 11) is 0.505. The zero-order chi connectivity index (χ0) is 18.3. The van der Waals surface area contributed by atoms with Gasteiger partial charge in [-0.1, -0.05) is 89.2 Å². The molecule has 2 nitrogen and oxygen atoms in total. The lowest BCUT2D eigenvalue weighted by Gasteiger charge is -2.28. The topological polar surface area (TPSA) is 26.3 Å². The number of hydrogen-bond acceptors (Lipinski definition) is 2. The van der Waals surface area contributed by atoms with E-state index in [9.17, 15) is 4.79 Å². The maximum Gasteiger partial charge on any atom is 0.305 e. The van der Waals surface area contributed by atoms with Crippen LogP contribution in [0.1, 0.15) is 85.0 Å². The number of carbonyl (C=O) groups excluding carboxylic acids is 1. The summed E-state index contributed by atoms with van der Waals surface area (Å²) in [6, 6.07) is 5.76. The van der Waals surface area contributed by atoms with Gasteiger partial charge >= 0.3 is 5.97 Å². The molecule has 142 valence electrons. The lowest BCUT2D eigenvalue weighted by Crippen LogP contribution is -2.30. The first-order valence-electron chi connectivity index (χ1n) is 10.3. The Bertz CT molecular complexity index is 326. The van der Waals surface area contributed by atoms with Crippen molar-refractivity contribution in [1.82, 2.24) is 0 Å². The van der Waals surface area contributed by atoms with Crippen molar-refractivity contribution in [3.63, 3.8) is 0 Å². The summed E-state index contributed by atoms with van der Waals surface area (Å²) in [5, 5.41) is 0. The van der Waals surface area contributed by atoms with E-state index in [4.69, 9.17) is 0 Å². The van der Waals surface area contributed by atoms with Crippen molar-refractivity contribution in [2.75, 3.05) is 7.11 Å². The van der Waals surface area contributed by atoms with Gasteiger partial charge in [-0.3, -0.25) is 4.79 Å². The average molecular weight is 355 g/mol. The molecule has 0 amide bonds. The number of methoxy groups -OCH3 is 1. The largest absolute Gasteiger partial charge is 0.469 e. The van der Waals surface area contributed by atoms with Gasteiger partial charge in [-0.25, -0.2) is 0 Å². The van der Waals surface area contributed by atoms with Gasteiger partial charge in [0.05, 0.1) is 15.2 Å². The van der Waals surface area contributed by atoms with Crippen molar-refractivity contribution in [1.29, 1.82) is 0 Å². The van der Waals surface area contributed by atoms with Crippen molar-refractivity contribution >= 4 is 14.0 Å². The molecule has 24 heavy (non-hydrogen) atoms. The van der Waals surface area contributed by atoms with E-state index in [1.807, 2.05) is 0 Å². The maximum atomic E-state index is 11.0. The molecule has 0 aromatic rings. The zero-order valence-corrected chi connectivity index (χ0v) is 17.9. The third kappa shape index (κ3) is 11.1. The van der Waals surface area contributed by atoms with E-state index in [2.05, 4.69) is 32.1 Å². The van der Waals surface area contributed by atoms with Gasteiger partial charge in [0, 0.05) is 6.42 Å². The Morgan fingerprint density at radius 1 is 0.792 bits per heavy atom. The van der Waals surface area contributed by atoms with Crippen LogP contribution in [0.25, 0.3) is 0 Å². The van der Waals surface area contributed by atoms with Gasteiger partial charge in [-0.15, -0.1) is 0 Å². The Labute approximate surface area is 152 Å². The molecule has 3 heteroatoms.